The Morgan fingerprint density at radius 1 is 1.43 bits per heavy atom. The molecule has 0 amide bonds. The molecule has 1 rings (SSSR count). The molecular weight excluding hydrogens is 182 g/mol. The number of hydrogen-bond donors (Lipinski definition) is 3. The van der Waals surface area contributed by atoms with Crippen LogP contribution in [-0.4, -0.2) is 48.7 Å². The van der Waals surface area contributed by atoms with Crippen molar-refractivity contribution in [3.63, 3.8) is 0 Å². The van der Waals surface area contributed by atoms with E-state index in [2.05, 4.69) is 12.2 Å². The number of aliphatic hydroxyl groups excluding tert-OH is 2. The summed E-state index contributed by atoms with van der Waals surface area (Å²) in [5.41, 5.74) is 0. The zero-order valence-corrected chi connectivity index (χ0v) is 8.78. The van der Waals surface area contributed by atoms with E-state index in [0.717, 1.165) is 26.1 Å². The van der Waals surface area contributed by atoms with Gasteiger partial charge in [0.1, 0.15) is 0 Å². The van der Waals surface area contributed by atoms with E-state index >= 15 is 0 Å². The molecule has 0 aromatic carbocycles. The van der Waals surface area contributed by atoms with Crippen molar-refractivity contribution >= 4 is 0 Å². The molecule has 0 bridgehead atoms. The molecule has 84 valence electrons. The number of rotatable bonds is 5. The average Bonchev–Trinajstić information content (AvgIpc) is 2.26. The molecule has 4 nitrogen and oxygen atoms in total. The highest BCUT2D eigenvalue weighted by Crippen LogP contribution is 2.18. The molecule has 0 aliphatic carbocycles. The zero-order chi connectivity index (χ0) is 10.4. The third kappa shape index (κ3) is 3.92. The first-order valence-electron chi connectivity index (χ1n) is 5.34. The average molecular weight is 203 g/mol. The molecule has 4 heteroatoms. The van der Waals surface area contributed by atoms with Gasteiger partial charge in [-0.3, -0.25) is 0 Å². The summed E-state index contributed by atoms with van der Waals surface area (Å²) in [7, 11) is 0. The molecule has 1 heterocycles. The minimum atomic E-state index is -0.641. The van der Waals surface area contributed by atoms with Crippen molar-refractivity contribution in [2.75, 3.05) is 26.4 Å². The van der Waals surface area contributed by atoms with Gasteiger partial charge in [-0.05, 0) is 25.7 Å². The van der Waals surface area contributed by atoms with Crippen LogP contribution in [0.2, 0.25) is 0 Å². The Bertz CT molecular complexity index is 148. The Balaban J connectivity index is 2.16. The van der Waals surface area contributed by atoms with Crippen LogP contribution in [0.1, 0.15) is 19.8 Å². The van der Waals surface area contributed by atoms with Crippen molar-refractivity contribution in [3.05, 3.63) is 0 Å². The number of hydrogen-bond acceptors (Lipinski definition) is 4. The van der Waals surface area contributed by atoms with Crippen LogP contribution in [0.25, 0.3) is 0 Å². The van der Waals surface area contributed by atoms with Crippen molar-refractivity contribution in [2.45, 2.75) is 31.9 Å². The summed E-state index contributed by atoms with van der Waals surface area (Å²) in [6.07, 6.45) is 1.53. The molecule has 1 saturated heterocycles. The van der Waals surface area contributed by atoms with E-state index in [1.807, 2.05) is 0 Å². The first kappa shape index (κ1) is 11.9. The maximum atomic E-state index is 9.17. The lowest BCUT2D eigenvalue weighted by atomic mass is 9.93. The van der Waals surface area contributed by atoms with Crippen LogP contribution in [0.15, 0.2) is 0 Å². The van der Waals surface area contributed by atoms with E-state index < -0.39 is 6.10 Å². The Labute approximate surface area is 85.3 Å². The molecule has 0 spiro atoms. The smallest absolute Gasteiger partial charge is 0.0895 e. The molecule has 1 fully saturated rings. The van der Waals surface area contributed by atoms with Crippen LogP contribution < -0.4 is 5.32 Å². The predicted molar refractivity (Wildman–Crippen MR) is 54.1 cm³/mol. The summed E-state index contributed by atoms with van der Waals surface area (Å²) in [4.78, 5) is 0. The van der Waals surface area contributed by atoms with Crippen LogP contribution in [0.5, 0.6) is 0 Å². The lowest BCUT2D eigenvalue weighted by Gasteiger charge is -2.29. The van der Waals surface area contributed by atoms with Crippen LogP contribution in [0.3, 0.4) is 0 Å². The fourth-order valence-electron chi connectivity index (χ4n) is 1.77. The van der Waals surface area contributed by atoms with Crippen LogP contribution in [0.4, 0.5) is 0 Å². The van der Waals surface area contributed by atoms with Crippen LogP contribution in [0, 0.1) is 5.92 Å². The normalized spacial score (nSPS) is 23.4. The summed E-state index contributed by atoms with van der Waals surface area (Å²) in [5.74, 6) is 0.634. The van der Waals surface area contributed by atoms with Gasteiger partial charge in [0.2, 0.25) is 0 Å². The summed E-state index contributed by atoms with van der Waals surface area (Å²) < 4.78 is 5.28. The molecule has 2 unspecified atom stereocenters. The first-order chi connectivity index (χ1) is 6.74. The van der Waals surface area contributed by atoms with Gasteiger partial charge in [-0.25, -0.2) is 0 Å². The molecule has 0 aromatic heterocycles. The van der Waals surface area contributed by atoms with E-state index in [1.54, 1.807) is 0 Å². The second-order valence-electron chi connectivity index (χ2n) is 3.98. The molecule has 1 aliphatic rings. The predicted octanol–water partition coefficient (Wildman–Crippen LogP) is -0.256. The van der Waals surface area contributed by atoms with E-state index in [9.17, 15) is 0 Å². The van der Waals surface area contributed by atoms with Gasteiger partial charge in [0.05, 0.1) is 12.7 Å². The van der Waals surface area contributed by atoms with Crippen LogP contribution in [-0.2, 0) is 4.74 Å². The van der Waals surface area contributed by atoms with Crippen molar-refractivity contribution in [1.82, 2.24) is 5.32 Å². The minimum Gasteiger partial charge on any atom is -0.394 e. The lowest BCUT2D eigenvalue weighted by Crippen LogP contribution is -2.41. The Kier molecular flexibility index (Phi) is 5.40. The molecule has 3 N–H and O–H groups in total. The summed E-state index contributed by atoms with van der Waals surface area (Å²) in [6.45, 7) is 4.11. The number of ether oxygens (including phenoxy) is 1. The molecule has 0 saturated carbocycles. The topological polar surface area (TPSA) is 61.7 Å². The molecule has 14 heavy (non-hydrogen) atoms. The summed E-state index contributed by atoms with van der Waals surface area (Å²) >= 11 is 0. The SMILES string of the molecule is CC(NCC(O)CO)C1CCOCC1. The highest BCUT2D eigenvalue weighted by molar-refractivity contribution is 4.75. The molecule has 0 aromatic rings. The van der Waals surface area contributed by atoms with Gasteiger partial charge in [0.15, 0.2) is 0 Å². The van der Waals surface area contributed by atoms with E-state index in [1.165, 1.54) is 0 Å². The van der Waals surface area contributed by atoms with Crippen molar-refractivity contribution in [2.24, 2.45) is 5.92 Å². The van der Waals surface area contributed by atoms with Gasteiger partial charge < -0.3 is 20.3 Å². The van der Waals surface area contributed by atoms with Gasteiger partial charge in [0, 0.05) is 25.8 Å². The fraction of sp³-hybridized carbons (Fsp3) is 1.00. The standard InChI is InChI=1S/C10H21NO3/c1-8(11-6-10(13)7-12)9-2-4-14-5-3-9/h8-13H,2-7H2,1H3. The Hall–Kier alpha value is -0.160. The van der Waals surface area contributed by atoms with Gasteiger partial charge in [-0.2, -0.15) is 0 Å². The monoisotopic (exact) mass is 203 g/mol. The highest BCUT2D eigenvalue weighted by Gasteiger charge is 2.20. The molecule has 1 aliphatic heterocycles. The first-order valence-corrected chi connectivity index (χ1v) is 5.34. The molecule has 0 radical (unpaired) electrons. The van der Waals surface area contributed by atoms with Crippen molar-refractivity contribution in [1.29, 1.82) is 0 Å². The summed E-state index contributed by atoms with van der Waals surface area (Å²) in [6, 6.07) is 0.389. The highest BCUT2D eigenvalue weighted by atomic mass is 16.5. The van der Waals surface area contributed by atoms with Crippen molar-refractivity contribution in [3.8, 4) is 0 Å². The maximum Gasteiger partial charge on any atom is 0.0895 e. The largest absolute Gasteiger partial charge is 0.394 e. The minimum absolute atomic E-state index is 0.173. The zero-order valence-electron chi connectivity index (χ0n) is 8.78. The molecular formula is C10H21NO3. The number of nitrogens with one attached hydrogen (secondary N) is 1. The number of aliphatic hydroxyl groups is 2. The molecule has 2 atom stereocenters. The lowest BCUT2D eigenvalue weighted by molar-refractivity contribution is 0.0501. The van der Waals surface area contributed by atoms with Crippen molar-refractivity contribution < 1.29 is 14.9 Å². The second kappa shape index (κ2) is 6.35. The van der Waals surface area contributed by atoms with Crippen LogP contribution >= 0.6 is 0 Å². The third-order valence-corrected chi connectivity index (χ3v) is 2.86. The van der Waals surface area contributed by atoms with Gasteiger partial charge >= 0.3 is 0 Å². The Morgan fingerprint density at radius 2 is 2.07 bits per heavy atom. The Morgan fingerprint density at radius 3 is 2.64 bits per heavy atom. The van der Waals surface area contributed by atoms with Gasteiger partial charge in [-0.1, -0.05) is 0 Å². The van der Waals surface area contributed by atoms with E-state index in [4.69, 9.17) is 14.9 Å². The van der Waals surface area contributed by atoms with E-state index in [-0.39, 0.29) is 6.61 Å². The van der Waals surface area contributed by atoms with Gasteiger partial charge in [0.25, 0.3) is 0 Å². The fourth-order valence-corrected chi connectivity index (χ4v) is 1.77. The van der Waals surface area contributed by atoms with Gasteiger partial charge in [-0.15, -0.1) is 0 Å². The summed E-state index contributed by atoms with van der Waals surface area (Å²) in [5, 5.41) is 21.1. The third-order valence-electron chi connectivity index (χ3n) is 2.86. The second-order valence-corrected chi connectivity index (χ2v) is 3.98. The maximum absolute atomic E-state index is 9.17. The van der Waals surface area contributed by atoms with E-state index in [0.29, 0.717) is 18.5 Å². The quantitative estimate of drug-likeness (QED) is 0.576.